The molecule has 0 saturated heterocycles. The Bertz CT molecular complexity index is 531. The molecule has 0 fully saturated rings. The number of pyridine rings is 2. The van der Waals surface area contributed by atoms with Crippen LogP contribution >= 0.6 is 0 Å². The zero-order chi connectivity index (χ0) is 15.1. The van der Waals surface area contributed by atoms with E-state index in [-0.39, 0.29) is 10.6 Å². The van der Waals surface area contributed by atoms with Crippen LogP contribution in [0, 0.1) is 0 Å². The summed E-state index contributed by atoms with van der Waals surface area (Å²) in [5, 5.41) is 0. The minimum atomic E-state index is -0.302. The largest absolute Gasteiger partial charge is 0.363 e. The number of hydrogen-bond donors (Lipinski definition) is 0. The molecule has 0 aliphatic heterocycles. The molecule has 0 amide bonds. The topological polar surface area (TPSA) is 52.1 Å². The standard InChI is InChI=1S/C16H20N3O2/c1-3-19(21-14(2)20,12-15-8-4-6-10-17-15)13-16-9-5-7-11-18-16/h4-11H,3,12-13H2,1-2H3/q+1. The minimum absolute atomic E-state index is 0.156. The summed E-state index contributed by atoms with van der Waals surface area (Å²) in [7, 11) is 0. The van der Waals surface area contributed by atoms with Crippen molar-refractivity contribution in [1.29, 1.82) is 0 Å². The Labute approximate surface area is 124 Å². The quantitative estimate of drug-likeness (QED) is 0.605. The maximum atomic E-state index is 11.5. The fourth-order valence-corrected chi connectivity index (χ4v) is 2.26. The van der Waals surface area contributed by atoms with Crippen molar-refractivity contribution in [1.82, 2.24) is 9.97 Å². The SMILES string of the molecule is CC[N+](Cc1ccccn1)(Cc1ccccn1)OC(C)=O. The second-order valence-electron chi connectivity index (χ2n) is 4.92. The molecule has 5 nitrogen and oxygen atoms in total. The maximum absolute atomic E-state index is 11.5. The van der Waals surface area contributed by atoms with Crippen LogP contribution in [0.3, 0.4) is 0 Å². The molecule has 2 aromatic rings. The predicted molar refractivity (Wildman–Crippen MR) is 78.4 cm³/mol. The molecule has 0 saturated carbocycles. The van der Waals surface area contributed by atoms with Gasteiger partial charge in [-0.2, -0.15) is 0 Å². The molecule has 2 aromatic heterocycles. The Morgan fingerprint density at radius 3 is 1.90 bits per heavy atom. The lowest BCUT2D eigenvalue weighted by Crippen LogP contribution is -2.47. The summed E-state index contributed by atoms with van der Waals surface area (Å²) in [5.74, 6) is -0.302. The molecule has 5 heteroatoms. The van der Waals surface area contributed by atoms with E-state index in [1.165, 1.54) is 6.92 Å². The number of aromatic nitrogens is 2. The van der Waals surface area contributed by atoms with Gasteiger partial charge in [0.25, 0.3) is 0 Å². The number of hydrogen-bond acceptors (Lipinski definition) is 4. The molecule has 0 bridgehead atoms. The van der Waals surface area contributed by atoms with E-state index in [9.17, 15) is 4.79 Å². The highest BCUT2D eigenvalue weighted by Gasteiger charge is 2.32. The molecule has 0 aliphatic carbocycles. The van der Waals surface area contributed by atoms with E-state index < -0.39 is 0 Å². The third-order valence-electron chi connectivity index (χ3n) is 3.25. The first-order chi connectivity index (χ1) is 10.1. The Hall–Kier alpha value is -2.27. The van der Waals surface area contributed by atoms with Crippen LogP contribution in [0.15, 0.2) is 48.8 Å². The van der Waals surface area contributed by atoms with Crippen LogP contribution in [-0.2, 0) is 22.7 Å². The van der Waals surface area contributed by atoms with Gasteiger partial charge in [-0.05, 0) is 31.2 Å². The minimum Gasteiger partial charge on any atom is -0.276 e. The van der Waals surface area contributed by atoms with E-state index in [4.69, 9.17) is 4.84 Å². The van der Waals surface area contributed by atoms with Gasteiger partial charge in [-0.15, -0.1) is 4.65 Å². The van der Waals surface area contributed by atoms with Crippen molar-refractivity contribution >= 4 is 5.97 Å². The summed E-state index contributed by atoms with van der Waals surface area (Å²) in [5.41, 5.74) is 1.77. The average Bonchev–Trinajstić information content (AvgIpc) is 2.48. The Balaban J connectivity index is 2.26. The van der Waals surface area contributed by atoms with Crippen LogP contribution in [0.1, 0.15) is 25.2 Å². The Morgan fingerprint density at radius 2 is 1.57 bits per heavy atom. The van der Waals surface area contributed by atoms with Gasteiger partial charge in [0, 0.05) is 19.3 Å². The normalized spacial score (nSPS) is 11.1. The second kappa shape index (κ2) is 6.95. The van der Waals surface area contributed by atoms with Gasteiger partial charge in [0.05, 0.1) is 11.4 Å². The number of hydroxylamine groups is 3. The van der Waals surface area contributed by atoms with Gasteiger partial charge in [0.2, 0.25) is 0 Å². The van der Waals surface area contributed by atoms with Gasteiger partial charge >= 0.3 is 5.97 Å². The summed E-state index contributed by atoms with van der Waals surface area (Å²) in [6, 6.07) is 11.5. The van der Waals surface area contributed by atoms with E-state index in [2.05, 4.69) is 9.97 Å². The molecule has 110 valence electrons. The van der Waals surface area contributed by atoms with E-state index >= 15 is 0 Å². The van der Waals surface area contributed by atoms with Crippen molar-refractivity contribution in [3.05, 3.63) is 60.2 Å². The summed E-state index contributed by atoms with van der Waals surface area (Å²) < 4.78 is 0.156. The lowest BCUT2D eigenvalue weighted by molar-refractivity contribution is -1.11. The highest BCUT2D eigenvalue weighted by molar-refractivity contribution is 5.65. The van der Waals surface area contributed by atoms with Gasteiger partial charge < -0.3 is 0 Å². The van der Waals surface area contributed by atoms with E-state index in [0.717, 1.165) is 11.4 Å². The lowest BCUT2D eigenvalue weighted by atomic mass is 10.2. The summed E-state index contributed by atoms with van der Waals surface area (Å²) >= 11 is 0. The maximum Gasteiger partial charge on any atom is 0.363 e. The number of carbonyl (C=O) groups is 1. The van der Waals surface area contributed by atoms with Crippen LogP contribution < -0.4 is 0 Å². The number of nitrogens with zero attached hydrogens (tertiary/aromatic N) is 3. The van der Waals surface area contributed by atoms with E-state index in [1.807, 2.05) is 43.3 Å². The summed E-state index contributed by atoms with van der Waals surface area (Å²) in [4.78, 5) is 25.8. The van der Waals surface area contributed by atoms with Crippen LogP contribution in [-0.4, -0.2) is 27.1 Å². The average molecular weight is 286 g/mol. The monoisotopic (exact) mass is 286 g/mol. The van der Waals surface area contributed by atoms with Crippen LogP contribution in [0.4, 0.5) is 0 Å². The molecule has 2 heterocycles. The molecular formula is C16H20N3O2+. The smallest absolute Gasteiger partial charge is 0.276 e. The van der Waals surface area contributed by atoms with Crippen molar-refractivity contribution in [2.75, 3.05) is 6.54 Å². The summed E-state index contributed by atoms with van der Waals surface area (Å²) in [6.45, 7) is 5.11. The zero-order valence-corrected chi connectivity index (χ0v) is 12.4. The van der Waals surface area contributed by atoms with Crippen molar-refractivity contribution in [3.63, 3.8) is 0 Å². The molecule has 0 aromatic carbocycles. The van der Waals surface area contributed by atoms with Gasteiger partial charge in [-0.1, -0.05) is 12.1 Å². The highest BCUT2D eigenvalue weighted by atomic mass is 16.7. The number of carbonyl (C=O) groups excluding carboxylic acids is 1. The van der Waals surface area contributed by atoms with Crippen molar-refractivity contribution in [3.8, 4) is 0 Å². The van der Waals surface area contributed by atoms with Gasteiger partial charge in [0.15, 0.2) is 13.1 Å². The molecule has 0 aliphatic rings. The number of quaternary nitrogens is 1. The first kappa shape index (κ1) is 15.1. The fraction of sp³-hybridized carbons (Fsp3) is 0.312. The van der Waals surface area contributed by atoms with Gasteiger partial charge in [-0.3, -0.25) is 14.8 Å². The third kappa shape index (κ3) is 4.36. The predicted octanol–water partition coefficient (Wildman–Crippen LogP) is 2.49. The first-order valence-corrected chi connectivity index (χ1v) is 6.99. The lowest BCUT2D eigenvalue weighted by Gasteiger charge is -2.32. The van der Waals surface area contributed by atoms with Crippen molar-refractivity contribution in [2.24, 2.45) is 0 Å². The van der Waals surface area contributed by atoms with Crippen molar-refractivity contribution < 1.29 is 14.3 Å². The first-order valence-electron chi connectivity index (χ1n) is 6.99. The molecule has 0 unspecified atom stereocenters. The second-order valence-corrected chi connectivity index (χ2v) is 4.92. The van der Waals surface area contributed by atoms with Crippen LogP contribution in [0.2, 0.25) is 0 Å². The van der Waals surface area contributed by atoms with Gasteiger partial charge in [-0.25, -0.2) is 4.79 Å². The van der Waals surface area contributed by atoms with E-state index in [1.54, 1.807) is 12.4 Å². The zero-order valence-electron chi connectivity index (χ0n) is 12.4. The van der Waals surface area contributed by atoms with Crippen molar-refractivity contribution in [2.45, 2.75) is 26.9 Å². The Morgan fingerprint density at radius 1 is 1.05 bits per heavy atom. The highest BCUT2D eigenvalue weighted by Crippen LogP contribution is 2.19. The van der Waals surface area contributed by atoms with Gasteiger partial charge in [0.1, 0.15) is 6.54 Å². The number of rotatable bonds is 6. The Kier molecular flexibility index (Phi) is 5.00. The molecule has 0 spiro atoms. The van der Waals surface area contributed by atoms with Crippen LogP contribution in [0.25, 0.3) is 0 Å². The van der Waals surface area contributed by atoms with Crippen LogP contribution in [0.5, 0.6) is 0 Å². The molecule has 0 radical (unpaired) electrons. The summed E-state index contributed by atoms with van der Waals surface area (Å²) in [6.07, 6.45) is 3.49. The molecule has 0 N–H and O–H groups in total. The fourth-order valence-electron chi connectivity index (χ4n) is 2.26. The third-order valence-corrected chi connectivity index (χ3v) is 3.25. The van der Waals surface area contributed by atoms with E-state index in [0.29, 0.717) is 19.6 Å². The molecule has 21 heavy (non-hydrogen) atoms. The molecule has 0 atom stereocenters. The molecule has 2 rings (SSSR count). The molecular weight excluding hydrogens is 266 g/mol.